The first-order valence-electron chi connectivity index (χ1n) is 14.1. The van der Waals surface area contributed by atoms with E-state index in [0.29, 0.717) is 0 Å². The molecule has 1 fully saturated rings. The number of nitrogens with one attached hydrogen (secondary N) is 1. The fourth-order valence-corrected chi connectivity index (χ4v) is 4.58. The third-order valence-corrected chi connectivity index (χ3v) is 6.25. The maximum Gasteiger partial charge on any atom is 0.312 e. The monoisotopic (exact) mass is 679 g/mol. The molecule has 1 rings (SSSR count). The molecular formula is C28H41NO18. The van der Waals surface area contributed by atoms with Gasteiger partial charge < -0.3 is 53.1 Å². The van der Waals surface area contributed by atoms with E-state index in [2.05, 4.69) is 5.32 Å². The van der Waals surface area contributed by atoms with E-state index in [1.165, 1.54) is 6.92 Å². The number of hydrogen-bond acceptors (Lipinski definition) is 18. The summed E-state index contributed by atoms with van der Waals surface area (Å²) >= 11 is 0. The lowest BCUT2D eigenvalue weighted by Crippen LogP contribution is -2.67. The van der Waals surface area contributed by atoms with Crippen LogP contribution in [-0.2, 0) is 81.0 Å². The number of aliphatic hydroxyl groups excluding tert-OH is 1. The molecule has 10 unspecified atom stereocenters. The highest BCUT2D eigenvalue weighted by molar-refractivity contribution is 5.75. The number of methoxy groups -OCH3 is 1. The normalized spacial score (nSPS) is 23.7. The molecule has 19 heteroatoms. The van der Waals surface area contributed by atoms with E-state index in [0.717, 1.165) is 55.6 Å². The van der Waals surface area contributed by atoms with Gasteiger partial charge in [-0.1, -0.05) is 0 Å². The van der Waals surface area contributed by atoms with Crippen LogP contribution in [0.15, 0.2) is 0 Å². The largest absolute Gasteiger partial charge is 0.469 e. The molecule has 0 aliphatic carbocycles. The van der Waals surface area contributed by atoms with Crippen molar-refractivity contribution in [1.29, 1.82) is 0 Å². The van der Waals surface area contributed by atoms with Crippen LogP contribution in [0.25, 0.3) is 0 Å². The molecule has 0 radical (unpaired) electrons. The summed E-state index contributed by atoms with van der Waals surface area (Å²) < 4.78 is 47.7. The number of ether oxygens (including phenoxy) is 9. The Balaban J connectivity index is 3.84. The fraction of sp³-hybridized carbons (Fsp3) is 0.714. The molecule has 1 saturated heterocycles. The molecule has 266 valence electrons. The maximum absolute atomic E-state index is 12.5. The Bertz CT molecular complexity index is 1170. The van der Waals surface area contributed by atoms with Crippen molar-refractivity contribution in [3.05, 3.63) is 0 Å². The average molecular weight is 680 g/mol. The molecule has 0 aromatic heterocycles. The van der Waals surface area contributed by atoms with Gasteiger partial charge in [0.2, 0.25) is 12.2 Å². The molecule has 1 aliphatic rings. The van der Waals surface area contributed by atoms with Crippen molar-refractivity contribution in [2.75, 3.05) is 13.7 Å². The molecule has 1 heterocycles. The van der Waals surface area contributed by atoms with Crippen LogP contribution in [0.4, 0.5) is 0 Å². The Hall–Kier alpha value is -4.36. The number of carbonyl (C=O) groups excluding carboxylic acids is 8. The van der Waals surface area contributed by atoms with Gasteiger partial charge in [-0.25, -0.2) is 0 Å². The summed E-state index contributed by atoms with van der Waals surface area (Å²) in [5.41, 5.74) is 0. The highest BCUT2D eigenvalue weighted by atomic mass is 16.7. The smallest absolute Gasteiger partial charge is 0.312 e. The molecular weight excluding hydrogens is 638 g/mol. The fourth-order valence-electron chi connectivity index (χ4n) is 4.58. The van der Waals surface area contributed by atoms with E-state index < -0.39 is 115 Å². The van der Waals surface area contributed by atoms with E-state index in [4.69, 9.17) is 42.6 Å². The summed E-state index contributed by atoms with van der Waals surface area (Å²) in [7, 11) is 1.03. The van der Waals surface area contributed by atoms with Crippen molar-refractivity contribution in [3.8, 4) is 0 Å². The number of esters is 7. The van der Waals surface area contributed by atoms with Crippen molar-refractivity contribution in [2.45, 2.75) is 111 Å². The van der Waals surface area contributed by atoms with Crippen LogP contribution in [0.2, 0.25) is 0 Å². The predicted octanol–water partition coefficient (Wildman–Crippen LogP) is -1.42. The summed E-state index contributed by atoms with van der Waals surface area (Å²) in [6, 6.07) is -1.49. The summed E-state index contributed by atoms with van der Waals surface area (Å²) in [6.07, 6.45) is -14.7. The van der Waals surface area contributed by atoms with Gasteiger partial charge in [0.1, 0.15) is 24.9 Å². The van der Waals surface area contributed by atoms with Crippen molar-refractivity contribution in [3.63, 3.8) is 0 Å². The number of carbonyl (C=O) groups is 8. The van der Waals surface area contributed by atoms with Gasteiger partial charge in [0.15, 0.2) is 30.7 Å². The van der Waals surface area contributed by atoms with E-state index in [1.807, 2.05) is 0 Å². The van der Waals surface area contributed by atoms with E-state index >= 15 is 0 Å². The first-order valence-corrected chi connectivity index (χ1v) is 14.1. The Morgan fingerprint density at radius 1 is 0.702 bits per heavy atom. The van der Waals surface area contributed by atoms with Gasteiger partial charge in [0.05, 0.1) is 13.0 Å². The van der Waals surface area contributed by atoms with Crippen LogP contribution in [0, 0.1) is 5.92 Å². The zero-order valence-electron chi connectivity index (χ0n) is 27.4. The van der Waals surface area contributed by atoms with Crippen molar-refractivity contribution in [1.82, 2.24) is 5.32 Å². The molecule has 19 nitrogen and oxygen atoms in total. The van der Waals surface area contributed by atoms with Crippen LogP contribution >= 0.6 is 0 Å². The van der Waals surface area contributed by atoms with Crippen LogP contribution in [0.1, 0.15) is 55.4 Å². The second-order valence-corrected chi connectivity index (χ2v) is 10.3. The van der Waals surface area contributed by atoms with Gasteiger partial charge in [-0.15, -0.1) is 0 Å². The molecule has 47 heavy (non-hydrogen) atoms. The van der Waals surface area contributed by atoms with Crippen LogP contribution < -0.4 is 5.32 Å². The highest BCUT2D eigenvalue weighted by Crippen LogP contribution is 2.31. The first-order chi connectivity index (χ1) is 21.8. The Labute approximate surface area is 269 Å². The van der Waals surface area contributed by atoms with Gasteiger partial charge in [0, 0.05) is 48.5 Å². The summed E-state index contributed by atoms with van der Waals surface area (Å²) in [4.78, 5) is 96.9. The molecule has 0 spiro atoms. The zero-order chi connectivity index (χ0) is 36.2. The number of hydrogen-bond donors (Lipinski definition) is 2. The van der Waals surface area contributed by atoms with E-state index in [9.17, 15) is 43.5 Å². The minimum absolute atomic E-state index is 0.657. The zero-order valence-corrected chi connectivity index (χ0v) is 27.4. The Kier molecular flexibility index (Phi) is 16.2. The van der Waals surface area contributed by atoms with Gasteiger partial charge in [-0.2, -0.15) is 0 Å². The summed E-state index contributed by atoms with van der Waals surface area (Å²) in [6.45, 7) is 7.57. The molecule has 0 aromatic carbocycles. The third kappa shape index (κ3) is 13.1. The van der Waals surface area contributed by atoms with E-state index in [-0.39, 0.29) is 0 Å². The Morgan fingerprint density at radius 2 is 1.21 bits per heavy atom. The van der Waals surface area contributed by atoms with Gasteiger partial charge >= 0.3 is 41.8 Å². The SMILES string of the molecule is COC(=O)C(C)C(OC(C)=O)C(OC(C)=O)C(OC(C)=O)C(O)OC1C(COC(C)=O)OC(OC(C)=O)C(NC(C)=O)C1OC(C)=O. The molecule has 10 atom stereocenters. The molecule has 2 N–H and O–H groups in total. The quantitative estimate of drug-likeness (QED) is 0.114. The summed E-state index contributed by atoms with van der Waals surface area (Å²) in [5, 5.41) is 13.9. The topological polar surface area (TPSA) is 252 Å². The molecule has 0 aromatic rings. The lowest BCUT2D eigenvalue weighted by atomic mass is 9.94. The van der Waals surface area contributed by atoms with Crippen LogP contribution in [0.5, 0.6) is 0 Å². The van der Waals surface area contributed by atoms with Crippen LogP contribution in [0.3, 0.4) is 0 Å². The second kappa shape index (κ2) is 18.7. The lowest BCUT2D eigenvalue weighted by Gasteiger charge is -2.46. The third-order valence-electron chi connectivity index (χ3n) is 6.25. The molecule has 0 saturated carbocycles. The number of amides is 1. The molecule has 0 bridgehead atoms. The van der Waals surface area contributed by atoms with Crippen molar-refractivity contribution >= 4 is 47.7 Å². The standard InChI is InChI=1S/C28H41NO18/c1-11(26(37)39-9)21(41-14(4)32)24(43-16(6)34)25(44-17(7)35)27(38)47-22-19(10-40-13(3)31)46-28(45-18(8)36)20(29-12(2)30)23(22)42-15(5)33/h11,19-25,27-28,38H,10H2,1-9H3,(H,29,30). The first kappa shape index (κ1) is 40.7. The second-order valence-electron chi connectivity index (χ2n) is 10.3. The van der Waals surface area contributed by atoms with Crippen molar-refractivity contribution in [2.24, 2.45) is 5.92 Å². The molecule has 1 amide bonds. The number of rotatable bonds is 15. The van der Waals surface area contributed by atoms with Gasteiger partial charge in [-0.3, -0.25) is 38.4 Å². The predicted molar refractivity (Wildman–Crippen MR) is 149 cm³/mol. The van der Waals surface area contributed by atoms with Gasteiger partial charge in [-0.05, 0) is 6.92 Å². The lowest BCUT2D eigenvalue weighted by molar-refractivity contribution is -0.310. The average Bonchev–Trinajstić information content (AvgIpc) is 2.93. The minimum Gasteiger partial charge on any atom is -0.469 e. The van der Waals surface area contributed by atoms with E-state index in [1.54, 1.807) is 0 Å². The highest BCUT2D eigenvalue weighted by Gasteiger charge is 2.54. The Morgan fingerprint density at radius 3 is 1.66 bits per heavy atom. The summed E-state index contributed by atoms with van der Waals surface area (Å²) in [5.74, 6) is -8.74. The number of aliphatic hydroxyl groups is 1. The van der Waals surface area contributed by atoms with Crippen LogP contribution in [-0.4, -0.2) is 122 Å². The van der Waals surface area contributed by atoms with Crippen molar-refractivity contribution < 1.29 is 86.1 Å². The van der Waals surface area contributed by atoms with Gasteiger partial charge in [0.25, 0.3) is 0 Å². The minimum atomic E-state index is -2.39. The maximum atomic E-state index is 12.5. The molecule has 1 aliphatic heterocycles.